The van der Waals surface area contributed by atoms with Crippen LogP contribution in [0.3, 0.4) is 0 Å². The standard InChI is InChI=1S/C22H21FN4O2S/c23-14-10-12-16(13-11-14)30(28,29)20-19-22(26-18-9-5-4-8-17(18)25-19)27(21(20)24)15-6-2-1-3-7-15/h4-5,8-13,15H,1-3,6-7,24H2. The summed E-state index contributed by atoms with van der Waals surface area (Å²) in [5, 5.41) is 0. The van der Waals surface area contributed by atoms with Gasteiger partial charge >= 0.3 is 0 Å². The average molecular weight is 425 g/mol. The first kappa shape index (κ1) is 19.0. The number of sulfone groups is 1. The third-order valence-corrected chi connectivity index (χ3v) is 7.65. The fraction of sp³-hybridized carbons (Fsp3) is 0.273. The molecule has 154 valence electrons. The first-order valence-corrected chi connectivity index (χ1v) is 11.5. The summed E-state index contributed by atoms with van der Waals surface area (Å²) in [7, 11) is -4.01. The van der Waals surface area contributed by atoms with E-state index in [4.69, 9.17) is 10.7 Å². The molecule has 2 N–H and O–H groups in total. The minimum Gasteiger partial charge on any atom is -0.384 e. The summed E-state index contributed by atoms with van der Waals surface area (Å²) in [5.74, 6) is -0.353. The molecular weight excluding hydrogens is 403 g/mol. The number of hydrogen-bond donors (Lipinski definition) is 1. The number of fused-ring (bicyclic) bond motifs is 2. The molecule has 30 heavy (non-hydrogen) atoms. The van der Waals surface area contributed by atoms with Gasteiger partial charge in [0.2, 0.25) is 9.84 Å². The van der Waals surface area contributed by atoms with Gasteiger partial charge in [0.05, 0.1) is 15.9 Å². The van der Waals surface area contributed by atoms with Gasteiger partial charge in [0.25, 0.3) is 0 Å². The fourth-order valence-corrected chi connectivity index (χ4v) is 5.86. The summed E-state index contributed by atoms with van der Waals surface area (Å²) < 4.78 is 42.3. The van der Waals surface area contributed by atoms with Crippen molar-refractivity contribution in [1.82, 2.24) is 14.5 Å². The fourth-order valence-electron chi connectivity index (χ4n) is 4.36. The number of nitrogen functional groups attached to an aromatic ring is 1. The largest absolute Gasteiger partial charge is 0.384 e. The summed E-state index contributed by atoms with van der Waals surface area (Å²) in [4.78, 5) is 9.33. The van der Waals surface area contributed by atoms with Crippen molar-refractivity contribution in [3.8, 4) is 0 Å². The van der Waals surface area contributed by atoms with Crippen LogP contribution in [0, 0.1) is 5.82 Å². The molecule has 0 aliphatic heterocycles. The van der Waals surface area contributed by atoms with E-state index in [0.717, 1.165) is 44.2 Å². The Morgan fingerprint density at radius 3 is 2.23 bits per heavy atom. The molecule has 2 aromatic heterocycles. The van der Waals surface area contributed by atoms with Gasteiger partial charge in [-0.1, -0.05) is 31.4 Å². The highest BCUT2D eigenvalue weighted by Gasteiger charge is 2.32. The lowest BCUT2D eigenvalue weighted by molar-refractivity contribution is 0.362. The molecule has 0 bridgehead atoms. The third-order valence-electron chi connectivity index (χ3n) is 5.82. The summed E-state index contributed by atoms with van der Waals surface area (Å²) >= 11 is 0. The lowest BCUT2D eigenvalue weighted by atomic mass is 9.95. The number of nitrogens with zero attached hydrogens (tertiary/aromatic N) is 3. The molecule has 1 fully saturated rings. The van der Waals surface area contributed by atoms with Gasteiger partial charge in [0, 0.05) is 6.04 Å². The van der Waals surface area contributed by atoms with E-state index < -0.39 is 15.7 Å². The van der Waals surface area contributed by atoms with E-state index in [1.807, 2.05) is 22.8 Å². The monoisotopic (exact) mass is 424 g/mol. The van der Waals surface area contributed by atoms with Crippen LogP contribution >= 0.6 is 0 Å². The molecule has 0 amide bonds. The van der Waals surface area contributed by atoms with E-state index in [9.17, 15) is 12.8 Å². The predicted octanol–water partition coefficient (Wildman–Crippen LogP) is 4.64. The van der Waals surface area contributed by atoms with Gasteiger partial charge in [-0.05, 0) is 49.2 Å². The quantitative estimate of drug-likeness (QED) is 0.484. The Kier molecular flexibility index (Phi) is 4.47. The van der Waals surface area contributed by atoms with Gasteiger partial charge in [0.1, 0.15) is 22.0 Å². The van der Waals surface area contributed by atoms with E-state index >= 15 is 0 Å². The highest BCUT2D eigenvalue weighted by Crippen LogP contribution is 2.40. The predicted molar refractivity (Wildman–Crippen MR) is 113 cm³/mol. The second-order valence-corrected chi connectivity index (χ2v) is 9.60. The van der Waals surface area contributed by atoms with E-state index in [-0.39, 0.29) is 27.2 Å². The number of rotatable bonds is 3. The zero-order valence-corrected chi connectivity index (χ0v) is 17.1. The van der Waals surface area contributed by atoms with Gasteiger partial charge in [-0.15, -0.1) is 0 Å². The first-order valence-electron chi connectivity index (χ1n) is 10.0. The van der Waals surface area contributed by atoms with Crippen molar-refractivity contribution >= 4 is 37.9 Å². The van der Waals surface area contributed by atoms with E-state index in [0.29, 0.717) is 16.7 Å². The minimum atomic E-state index is -4.01. The van der Waals surface area contributed by atoms with Crippen LogP contribution < -0.4 is 5.73 Å². The van der Waals surface area contributed by atoms with Crippen LogP contribution in [0.5, 0.6) is 0 Å². The molecule has 8 heteroatoms. The molecule has 0 atom stereocenters. The SMILES string of the molecule is Nc1c(S(=O)(=O)c2ccc(F)cc2)c2nc3ccccc3nc2n1C1CCCCC1. The van der Waals surface area contributed by atoms with Crippen LogP contribution in [-0.2, 0) is 9.84 Å². The maximum atomic E-state index is 13.5. The Hall–Kier alpha value is -3.00. The Balaban J connectivity index is 1.83. The number of halogens is 1. The summed E-state index contributed by atoms with van der Waals surface area (Å²) in [5.41, 5.74) is 8.53. The van der Waals surface area contributed by atoms with Gasteiger partial charge < -0.3 is 10.3 Å². The molecule has 1 aliphatic carbocycles. The Labute approximate surface area is 173 Å². The van der Waals surface area contributed by atoms with Gasteiger partial charge in [0.15, 0.2) is 5.65 Å². The molecule has 0 unspecified atom stereocenters. The molecule has 0 radical (unpaired) electrons. The number of nitrogens with two attached hydrogens (primary N) is 1. The normalized spacial score (nSPS) is 15.8. The number of anilines is 1. The lowest BCUT2D eigenvalue weighted by Crippen LogP contribution is -2.16. The van der Waals surface area contributed by atoms with Crippen molar-refractivity contribution in [3.63, 3.8) is 0 Å². The van der Waals surface area contributed by atoms with E-state index in [1.165, 1.54) is 12.1 Å². The zero-order valence-electron chi connectivity index (χ0n) is 16.3. The second-order valence-electron chi connectivity index (χ2n) is 7.72. The van der Waals surface area contributed by atoms with Crippen molar-refractivity contribution in [3.05, 3.63) is 54.3 Å². The molecule has 0 saturated heterocycles. The minimum absolute atomic E-state index is 0.0201. The van der Waals surface area contributed by atoms with Crippen molar-refractivity contribution in [2.75, 3.05) is 5.73 Å². The number of para-hydroxylation sites is 2. The van der Waals surface area contributed by atoms with Crippen LogP contribution in [0.25, 0.3) is 22.2 Å². The summed E-state index contributed by atoms with van der Waals surface area (Å²) in [6, 6.07) is 12.2. The molecule has 5 rings (SSSR count). The van der Waals surface area contributed by atoms with E-state index in [1.54, 1.807) is 6.07 Å². The maximum Gasteiger partial charge on any atom is 0.212 e. The van der Waals surface area contributed by atoms with Crippen LogP contribution in [0.4, 0.5) is 10.2 Å². The Morgan fingerprint density at radius 2 is 1.57 bits per heavy atom. The second kappa shape index (κ2) is 7.05. The zero-order chi connectivity index (χ0) is 20.9. The number of benzene rings is 2. The molecule has 1 saturated carbocycles. The van der Waals surface area contributed by atoms with Crippen molar-refractivity contribution in [2.45, 2.75) is 47.9 Å². The molecule has 2 heterocycles. The average Bonchev–Trinajstić information content (AvgIpc) is 3.04. The highest BCUT2D eigenvalue weighted by molar-refractivity contribution is 7.92. The Morgan fingerprint density at radius 1 is 0.933 bits per heavy atom. The van der Waals surface area contributed by atoms with Crippen LogP contribution in [-0.4, -0.2) is 23.0 Å². The maximum absolute atomic E-state index is 13.5. The van der Waals surface area contributed by atoms with Gasteiger partial charge in [-0.25, -0.2) is 22.8 Å². The van der Waals surface area contributed by atoms with Crippen molar-refractivity contribution in [1.29, 1.82) is 0 Å². The molecule has 0 spiro atoms. The topological polar surface area (TPSA) is 90.9 Å². The summed E-state index contributed by atoms with van der Waals surface area (Å²) in [6.07, 6.45) is 5.11. The van der Waals surface area contributed by atoms with Crippen molar-refractivity contribution < 1.29 is 12.8 Å². The molecule has 2 aromatic carbocycles. The first-order chi connectivity index (χ1) is 14.5. The number of hydrogen-bond acceptors (Lipinski definition) is 5. The Bertz CT molecular complexity index is 1360. The molecule has 1 aliphatic rings. The molecular formula is C22H21FN4O2S. The summed E-state index contributed by atoms with van der Waals surface area (Å²) in [6.45, 7) is 0. The third kappa shape index (κ3) is 2.94. The van der Waals surface area contributed by atoms with Crippen LogP contribution in [0.15, 0.2) is 58.3 Å². The smallest absolute Gasteiger partial charge is 0.212 e. The van der Waals surface area contributed by atoms with E-state index in [2.05, 4.69) is 4.98 Å². The van der Waals surface area contributed by atoms with Crippen LogP contribution in [0.2, 0.25) is 0 Å². The van der Waals surface area contributed by atoms with Gasteiger partial charge in [-0.3, -0.25) is 0 Å². The van der Waals surface area contributed by atoms with Gasteiger partial charge in [-0.2, -0.15) is 0 Å². The lowest BCUT2D eigenvalue weighted by Gasteiger charge is -2.25. The highest BCUT2D eigenvalue weighted by atomic mass is 32.2. The molecule has 6 nitrogen and oxygen atoms in total. The molecule has 4 aromatic rings. The van der Waals surface area contributed by atoms with Crippen LogP contribution in [0.1, 0.15) is 38.1 Å². The number of aromatic nitrogens is 3. The van der Waals surface area contributed by atoms with Crippen molar-refractivity contribution in [2.24, 2.45) is 0 Å².